The van der Waals surface area contributed by atoms with Crippen LogP contribution in [-0.4, -0.2) is 48.3 Å². The Hall–Kier alpha value is -0.120. The maximum absolute atomic E-state index is 9.69. The van der Waals surface area contributed by atoms with E-state index in [2.05, 4.69) is 24.1 Å². The Morgan fingerprint density at radius 2 is 2.13 bits per heavy atom. The van der Waals surface area contributed by atoms with Crippen LogP contribution in [0.2, 0.25) is 0 Å². The zero-order valence-electron chi connectivity index (χ0n) is 10.4. The Morgan fingerprint density at radius 3 is 2.67 bits per heavy atom. The number of likely N-dealkylation sites (N-methyl/N-ethyl adjacent to an activating group) is 1. The smallest absolute Gasteiger partial charge is 0.0553 e. The van der Waals surface area contributed by atoms with Gasteiger partial charge >= 0.3 is 0 Å². The topological polar surface area (TPSA) is 35.5 Å². The maximum atomic E-state index is 9.69. The molecule has 3 atom stereocenters. The number of rotatable bonds is 5. The fraction of sp³-hybridized carbons (Fsp3) is 1.00. The van der Waals surface area contributed by atoms with Crippen molar-refractivity contribution in [3.8, 4) is 0 Å². The standard InChI is InChI=1S/C12H26N2O/c1-4-6-14-8-11(10(3)15)7-12(9-14)13-5-2/h10-13,15H,4-9H2,1-3H3. The minimum absolute atomic E-state index is 0.175. The summed E-state index contributed by atoms with van der Waals surface area (Å²) in [6.07, 6.45) is 2.14. The molecule has 1 saturated heterocycles. The first kappa shape index (κ1) is 12.9. The monoisotopic (exact) mass is 214 g/mol. The molecule has 1 aliphatic heterocycles. The summed E-state index contributed by atoms with van der Waals surface area (Å²) in [6, 6.07) is 0.565. The predicted molar refractivity (Wildman–Crippen MR) is 64.0 cm³/mol. The Morgan fingerprint density at radius 1 is 1.40 bits per heavy atom. The van der Waals surface area contributed by atoms with E-state index in [0.29, 0.717) is 12.0 Å². The van der Waals surface area contributed by atoms with Gasteiger partial charge in [0.25, 0.3) is 0 Å². The van der Waals surface area contributed by atoms with Crippen LogP contribution in [0.1, 0.15) is 33.6 Å². The van der Waals surface area contributed by atoms with Crippen LogP contribution < -0.4 is 5.32 Å². The van der Waals surface area contributed by atoms with E-state index in [9.17, 15) is 5.11 Å². The predicted octanol–water partition coefficient (Wildman–Crippen LogP) is 1.08. The summed E-state index contributed by atoms with van der Waals surface area (Å²) in [5.74, 6) is 0.439. The van der Waals surface area contributed by atoms with Crippen LogP contribution in [0.3, 0.4) is 0 Å². The molecule has 15 heavy (non-hydrogen) atoms. The van der Waals surface area contributed by atoms with E-state index < -0.39 is 0 Å². The third-order valence-corrected chi connectivity index (χ3v) is 3.27. The summed E-state index contributed by atoms with van der Waals surface area (Å²) in [5, 5.41) is 13.2. The van der Waals surface area contributed by atoms with Crippen molar-refractivity contribution in [2.75, 3.05) is 26.2 Å². The average molecular weight is 214 g/mol. The highest BCUT2D eigenvalue weighted by Crippen LogP contribution is 2.20. The summed E-state index contributed by atoms with van der Waals surface area (Å²) in [6.45, 7) is 10.7. The van der Waals surface area contributed by atoms with Crippen LogP contribution in [0.25, 0.3) is 0 Å². The first-order valence-electron chi connectivity index (χ1n) is 6.31. The molecule has 0 amide bonds. The van der Waals surface area contributed by atoms with E-state index >= 15 is 0 Å². The SMILES string of the molecule is CCCN1CC(NCC)CC(C(C)O)C1. The number of likely N-dealkylation sites (tertiary alicyclic amines) is 1. The molecule has 1 fully saturated rings. The average Bonchev–Trinajstić information content (AvgIpc) is 2.18. The first-order chi connectivity index (χ1) is 7.17. The van der Waals surface area contributed by atoms with Crippen LogP contribution in [0.5, 0.6) is 0 Å². The van der Waals surface area contributed by atoms with Gasteiger partial charge in [-0.15, -0.1) is 0 Å². The van der Waals surface area contributed by atoms with Gasteiger partial charge in [0.2, 0.25) is 0 Å². The van der Waals surface area contributed by atoms with Gasteiger partial charge in [0.05, 0.1) is 6.10 Å². The molecule has 0 aromatic heterocycles. The third-order valence-electron chi connectivity index (χ3n) is 3.27. The molecule has 3 nitrogen and oxygen atoms in total. The van der Waals surface area contributed by atoms with Gasteiger partial charge in [-0.1, -0.05) is 13.8 Å². The summed E-state index contributed by atoms with van der Waals surface area (Å²) < 4.78 is 0. The molecule has 90 valence electrons. The minimum Gasteiger partial charge on any atom is -0.393 e. The van der Waals surface area contributed by atoms with E-state index in [0.717, 1.165) is 32.6 Å². The van der Waals surface area contributed by atoms with Gasteiger partial charge in [-0.2, -0.15) is 0 Å². The number of nitrogens with one attached hydrogen (secondary N) is 1. The van der Waals surface area contributed by atoms with Crippen molar-refractivity contribution >= 4 is 0 Å². The molecule has 1 aliphatic rings. The molecule has 2 N–H and O–H groups in total. The highest BCUT2D eigenvalue weighted by Gasteiger charge is 2.28. The van der Waals surface area contributed by atoms with Gasteiger partial charge in [0, 0.05) is 19.1 Å². The molecular formula is C12H26N2O. The number of hydrogen-bond donors (Lipinski definition) is 2. The molecule has 1 rings (SSSR count). The van der Waals surface area contributed by atoms with Gasteiger partial charge in [-0.25, -0.2) is 0 Å². The largest absolute Gasteiger partial charge is 0.393 e. The van der Waals surface area contributed by atoms with Crippen LogP contribution >= 0.6 is 0 Å². The number of piperidine rings is 1. The normalized spacial score (nSPS) is 30.4. The van der Waals surface area contributed by atoms with Gasteiger partial charge < -0.3 is 15.3 Å². The number of nitrogens with zero attached hydrogens (tertiary/aromatic N) is 1. The van der Waals surface area contributed by atoms with E-state index in [-0.39, 0.29) is 6.10 Å². The zero-order valence-corrected chi connectivity index (χ0v) is 10.4. The molecule has 0 aromatic rings. The summed E-state index contributed by atoms with van der Waals surface area (Å²) >= 11 is 0. The summed E-state index contributed by atoms with van der Waals surface area (Å²) in [5.41, 5.74) is 0. The van der Waals surface area contributed by atoms with Crippen LogP contribution in [0, 0.1) is 5.92 Å². The van der Waals surface area contributed by atoms with Crippen molar-refractivity contribution in [1.29, 1.82) is 0 Å². The highest BCUT2D eigenvalue weighted by molar-refractivity contribution is 4.85. The highest BCUT2D eigenvalue weighted by atomic mass is 16.3. The van der Waals surface area contributed by atoms with Crippen molar-refractivity contribution in [3.63, 3.8) is 0 Å². The lowest BCUT2D eigenvalue weighted by molar-refractivity contribution is 0.0485. The Bertz CT molecular complexity index is 159. The first-order valence-corrected chi connectivity index (χ1v) is 6.31. The molecule has 0 bridgehead atoms. The molecule has 3 heteroatoms. The number of aliphatic hydroxyl groups excluding tert-OH is 1. The van der Waals surface area contributed by atoms with Gasteiger partial charge in [-0.05, 0) is 38.8 Å². The van der Waals surface area contributed by atoms with E-state index in [1.165, 1.54) is 6.42 Å². The van der Waals surface area contributed by atoms with Crippen molar-refractivity contribution in [2.24, 2.45) is 5.92 Å². The van der Waals surface area contributed by atoms with Crippen molar-refractivity contribution < 1.29 is 5.11 Å². The molecular weight excluding hydrogens is 188 g/mol. The maximum Gasteiger partial charge on any atom is 0.0553 e. The lowest BCUT2D eigenvalue weighted by Crippen LogP contribution is -2.51. The zero-order chi connectivity index (χ0) is 11.3. The van der Waals surface area contributed by atoms with E-state index in [1.54, 1.807) is 0 Å². The van der Waals surface area contributed by atoms with Gasteiger partial charge in [0.1, 0.15) is 0 Å². The van der Waals surface area contributed by atoms with Crippen LogP contribution in [-0.2, 0) is 0 Å². The molecule has 0 radical (unpaired) electrons. The lowest BCUT2D eigenvalue weighted by Gasteiger charge is -2.39. The van der Waals surface area contributed by atoms with Crippen molar-refractivity contribution in [2.45, 2.75) is 45.8 Å². The van der Waals surface area contributed by atoms with Crippen molar-refractivity contribution in [3.05, 3.63) is 0 Å². The van der Waals surface area contributed by atoms with Crippen molar-refractivity contribution in [1.82, 2.24) is 10.2 Å². The third kappa shape index (κ3) is 4.09. The van der Waals surface area contributed by atoms with Crippen LogP contribution in [0.4, 0.5) is 0 Å². The van der Waals surface area contributed by atoms with E-state index in [1.807, 2.05) is 6.92 Å². The summed E-state index contributed by atoms with van der Waals surface area (Å²) in [7, 11) is 0. The van der Waals surface area contributed by atoms with Gasteiger partial charge in [0.15, 0.2) is 0 Å². The molecule has 0 aromatic carbocycles. The Balaban J connectivity index is 2.48. The second-order valence-corrected chi connectivity index (χ2v) is 4.75. The quantitative estimate of drug-likeness (QED) is 0.719. The fourth-order valence-corrected chi connectivity index (χ4v) is 2.52. The van der Waals surface area contributed by atoms with Gasteiger partial charge in [-0.3, -0.25) is 0 Å². The van der Waals surface area contributed by atoms with E-state index in [4.69, 9.17) is 0 Å². The Kier molecular flexibility index (Phi) is 5.58. The fourth-order valence-electron chi connectivity index (χ4n) is 2.52. The van der Waals surface area contributed by atoms with Crippen LogP contribution in [0.15, 0.2) is 0 Å². The molecule has 3 unspecified atom stereocenters. The Labute approximate surface area is 93.9 Å². The second-order valence-electron chi connectivity index (χ2n) is 4.75. The molecule has 0 aliphatic carbocycles. The number of hydrogen-bond acceptors (Lipinski definition) is 3. The molecule has 0 saturated carbocycles. The summed E-state index contributed by atoms with van der Waals surface area (Å²) in [4.78, 5) is 2.48. The molecule has 0 spiro atoms. The lowest BCUT2D eigenvalue weighted by atomic mass is 9.90. The molecule has 1 heterocycles. The second kappa shape index (κ2) is 6.46. The number of aliphatic hydroxyl groups is 1. The minimum atomic E-state index is -0.175.